The molecule has 0 aromatic carbocycles. The van der Waals surface area contributed by atoms with Crippen molar-refractivity contribution in [3.8, 4) is 0 Å². The highest BCUT2D eigenvalue weighted by Crippen LogP contribution is 2.21. The van der Waals surface area contributed by atoms with Gasteiger partial charge in [0.25, 0.3) is 0 Å². The Morgan fingerprint density at radius 1 is 1.39 bits per heavy atom. The van der Waals surface area contributed by atoms with Crippen LogP contribution in [0.1, 0.15) is 34.6 Å². The predicted octanol–water partition coefficient (Wildman–Crippen LogP) is 2.81. The Kier molecular flexibility index (Phi) is 4.16. The number of hydrogen-bond acceptors (Lipinski definition) is 4. The molecule has 0 radical (unpaired) electrons. The Morgan fingerprint density at radius 3 is 2.44 bits per heavy atom. The van der Waals surface area contributed by atoms with Gasteiger partial charge in [-0.1, -0.05) is 0 Å². The zero-order chi connectivity index (χ0) is 13.9. The van der Waals surface area contributed by atoms with Crippen molar-refractivity contribution in [1.82, 2.24) is 4.98 Å². The second-order valence-electron chi connectivity index (χ2n) is 5.42. The summed E-state index contributed by atoms with van der Waals surface area (Å²) in [6, 6.07) is 1.67. The van der Waals surface area contributed by atoms with E-state index in [0.29, 0.717) is 11.4 Å². The van der Waals surface area contributed by atoms with Gasteiger partial charge >= 0.3 is 6.09 Å². The molecule has 0 unspecified atom stereocenters. The molecule has 0 aliphatic heterocycles. The van der Waals surface area contributed by atoms with Crippen molar-refractivity contribution in [3.63, 3.8) is 0 Å². The molecule has 5 heteroatoms. The molecule has 100 valence electrons. The summed E-state index contributed by atoms with van der Waals surface area (Å²) < 4.78 is 5.37. The lowest BCUT2D eigenvalue weighted by atomic mass is 10.2. The number of rotatable bonds is 2. The molecule has 2 N–H and O–H groups in total. The van der Waals surface area contributed by atoms with Crippen molar-refractivity contribution in [1.29, 1.82) is 0 Å². The maximum absolute atomic E-state index is 12.1. The average molecular weight is 251 g/mol. The number of carbonyl (C=O) groups is 1. The van der Waals surface area contributed by atoms with Gasteiger partial charge in [-0.3, -0.25) is 9.88 Å². The fourth-order valence-electron chi connectivity index (χ4n) is 1.50. The van der Waals surface area contributed by atoms with E-state index < -0.39 is 11.7 Å². The molecule has 18 heavy (non-hydrogen) atoms. The Labute approximate surface area is 108 Å². The monoisotopic (exact) mass is 251 g/mol. The third-order valence-electron chi connectivity index (χ3n) is 2.13. The third kappa shape index (κ3) is 3.91. The van der Waals surface area contributed by atoms with E-state index in [1.807, 2.05) is 34.6 Å². The lowest BCUT2D eigenvalue weighted by molar-refractivity contribution is 0.0570. The molecule has 1 aromatic heterocycles. The van der Waals surface area contributed by atoms with Gasteiger partial charge in [0.15, 0.2) is 0 Å². The van der Waals surface area contributed by atoms with Crippen LogP contribution in [0.5, 0.6) is 0 Å². The summed E-state index contributed by atoms with van der Waals surface area (Å²) in [5, 5.41) is 0. The van der Waals surface area contributed by atoms with Crippen LogP contribution in [0.3, 0.4) is 0 Å². The van der Waals surface area contributed by atoms with Gasteiger partial charge in [0, 0.05) is 12.2 Å². The van der Waals surface area contributed by atoms with Crippen molar-refractivity contribution in [2.45, 2.75) is 46.3 Å². The van der Waals surface area contributed by atoms with E-state index >= 15 is 0 Å². The molecule has 0 fully saturated rings. The lowest BCUT2D eigenvalue weighted by Gasteiger charge is -2.30. The minimum atomic E-state index is -0.530. The van der Waals surface area contributed by atoms with E-state index in [9.17, 15) is 4.79 Å². The van der Waals surface area contributed by atoms with Crippen LogP contribution in [-0.4, -0.2) is 22.7 Å². The SMILES string of the molecule is CC(C)N(C(=O)OC(C)(C)C)c1cncc(N)c1. The van der Waals surface area contributed by atoms with Gasteiger partial charge < -0.3 is 10.5 Å². The highest BCUT2D eigenvalue weighted by atomic mass is 16.6. The number of ether oxygens (including phenoxy) is 1. The molecule has 1 aromatic rings. The molecule has 1 rings (SSSR count). The van der Waals surface area contributed by atoms with Crippen molar-refractivity contribution in [2.75, 3.05) is 10.6 Å². The number of nitrogen functional groups attached to an aromatic ring is 1. The van der Waals surface area contributed by atoms with E-state index in [4.69, 9.17) is 10.5 Å². The zero-order valence-electron chi connectivity index (χ0n) is 11.6. The highest BCUT2D eigenvalue weighted by Gasteiger charge is 2.25. The summed E-state index contributed by atoms with van der Waals surface area (Å²) in [4.78, 5) is 17.7. The van der Waals surface area contributed by atoms with E-state index in [1.54, 1.807) is 12.3 Å². The lowest BCUT2D eigenvalue weighted by Crippen LogP contribution is -2.41. The normalized spacial score (nSPS) is 11.4. The first-order valence-electron chi connectivity index (χ1n) is 5.93. The summed E-state index contributed by atoms with van der Waals surface area (Å²) in [7, 11) is 0. The van der Waals surface area contributed by atoms with Crippen LogP contribution in [0, 0.1) is 0 Å². The van der Waals surface area contributed by atoms with Crippen molar-refractivity contribution in [2.24, 2.45) is 0 Å². The van der Waals surface area contributed by atoms with Gasteiger partial charge in [-0.05, 0) is 40.7 Å². The number of aromatic nitrogens is 1. The average Bonchev–Trinajstić information content (AvgIpc) is 2.13. The van der Waals surface area contributed by atoms with Crippen molar-refractivity contribution in [3.05, 3.63) is 18.5 Å². The Hall–Kier alpha value is -1.78. The van der Waals surface area contributed by atoms with Gasteiger partial charge in [-0.15, -0.1) is 0 Å². The van der Waals surface area contributed by atoms with E-state index in [2.05, 4.69) is 4.98 Å². The second kappa shape index (κ2) is 5.25. The number of nitrogens with zero attached hydrogens (tertiary/aromatic N) is 2. The Balaban J connectivity index is 3.00. The standard InChI is InChI=1S/C13H21N3O2/c1-9(2)16(12(17)18-13(3,4)5)11-6-10(14)7-15-8-11/h6-9H,14H2,1-5H3. The first kappa shape index (κ1) is 14.3. The van der Waals surface area contributed by atoms with Gasteiger partial charge in [0.1, 0.15) is 5.60 Å². The molecule has 0 aliphatic carbocycles. The number of anilines is 2. The van der Waals surface area contributed by atoms with Crippen LogP contribution in [0.4, 0.5) is 16.2 Å². The first-order chi connectivity index (χ1) is 8.20. The molecular weight excluding hydrogens is 230 g/mol. The fraction of sp³-hybridized carbons (Fsp3) is 0.538. The highest BCUT2D eigenvalue weighted by molar-refractivity contribution is 5.88. The number of amides is 1. The predicted molar refractivity (Wildman–Crippen MR) is 72.5 cm³/mol. The summed E-state index contributed by atoms with van der Waals surface area (Å²) in [5.41, 5.74) is 6.31. The maximum Gasteiger partial charge on any atom is 0.415 e. The first-order valence-corrected chi connectivity index (χ1v) is 5.93. The number of hydrogen-bond donors (Lipinski definition) is 1. The zero-order valence-corrected chi connectivity index (χ0v) is 11.6. The van der Waals surface area contributed by atoms with Crippen LogP contribution in [-0.2, 0) is 4.74 Å². The van der Waals surface area contributed by atoms with E-state index in [-0.39, 0.29) is 6.04 Å². The molecule has 0 saturated carbocycles. The van der Waals surface area contributed by atoms with Crippen LogP contribution in [0.25, 0.3) is 0 Å². The molecule has 0 aliphatic rings. The smallest absolute Gasteiger partial charge is 0.415 e. The van der Waals surface area contributed by atoms with Crippen LogP contribution in [0.15, 0.2) is 18.5 Å². The number of carbonyl (C=O) groups excluding carboxylic acids is 1. The fourth-order valence-corrected chi connectivity index (χ4v) is 1.50. The minimum Gasteiger partial charge on any atom is -0.443 e. The Morgan fingerprint density at radius 2 is 2.00 bits per heavy atom. The molecule has 1 heterocycles. The topological polar surface area (TPSA) is 68.5 Å². The van der Waals surface area contributed by atoms with Crippen LogP contribution in [0.2, 0.25) is 0 Å². The summed E-state index contributed by atoms with van der Waals surface area (Å²) >= 11 is 0. The van der Waals surface area contributed by atoms with E-state index in [0.717, 1.165) is 0 Å². The van der Waals surface area contributed by atoms with Gasteiger partial charge in [-0.2, -0.15) is 0 Å². The van der Waals surface area contributed by atoms with Gasteiger partial charge in [-0.25, -0.2) is 4.79 Å². The van der Waals surface area contributed by atoms with Gasteiger partial charge in [0.05, 0.1) is 17.6 Å². The van der Waals surface area contributed by atoms with Crippen molar-refractivity contribution < 1.29 is 9.53 Å². The van der Waals surface area contributed by atoms with E-state index in [1.165, 1.54) is 11.1 Å². The minimum absolute atomic E-state index is 0.0385. The molecule has 0 bridgehead atoms. The summed E-state index contributed by atoms with van der Waals surface area (Å²) in [6.07, 6.45) is 2.74. The number of pyridine rings is 1. The van der Waals surface area contributed by atoms with Crippen LogP contribution >= 0.6 is 0 Å². The largest absolute Gasteiger partial charge is 0.443 e. The second-order valence-corrected chi connectivity index (χ2v) is 5.42. The summed E-state index contributed by atoms with van der Waals surface area (Å²) in [5.74, 6) is 0. The maximum atomic E-state index is 12.1. The summed E-state index contributed by atoms with van der Waals surface area (Å²) in [6.45, 7) is 9.32. The molecule has 5 nitrogen and oxygen atoms in total. The third-order valence-corrected chi connectivity index (χ3v) is 2.13. The van der Waals surface area contributed by atoms with Gasteiger partial charge in [0.2, 0.25) is 0 Å². The molecule has 0 saturated heterocycles. The molecule has 1 amide bonds. The van der Waals surface area contributed by atoms with Crippen LogP contribution < -0.4 is 10.6 Å². The molecule has 0 spiro atoms. The Bertz CT molecular complexity index is 424. The quantitative estimate of drug-likeness (QED) is 0.877. The number of nitrogens with two attached hydrogens (primary N) is 1. The molecule has 0 atom stereocenters. The molecular formula is C13H21N3O2. The van der Waals surface area contributed by atoms with Crippen molar-refractivity contribution >= 4 is 17.5 Å².